The predicted octanol–water partition coefficient (Wildman–Crippen LogP) is 4.64. The normalized spacial score (nSPS) is 12.1. The van der Waals surface area contributed by atoms with Gasteiger partial charge < -0.3 is 0 Å². The first-order valence-corrected chi connectivity index (χ1v) is 9.27. The summed E-state index contributed by atoms with van der Waals surface area (Å²) in [4.78, 5) is 0.0498. The first-order valence-electron chi connectivity index (χ1n) is 5.46. The van der Waals surface area contributed by atoms with E-state index in [0.717, 1.165) is 21.4 Å². The molecule has 20 heavy (non-hydrogen) atoms. The van der Waals surface area contributed by atoms with Crippen molar-refractivity contribution in [2.45, 2.75) is 11.4 Å². The van der Waals surface area contributed by atoms with Gasteiger partial charge in [-0.25, -0.2) is 8.42 Å². The van der Waals surface area contributed by atoms with Crippen molar-refractivity contribution in [3.8, 4) is 0 Å². The molecule has 0 aliphatic rings. The topological polar surface area (TPSA) is 37.4 Å². The maximum Gasteiger partial charge on any atom is 0.245 e. The monoisotopic (exact) mass is 413 g/mol. The number of nitrogens with zero attached hydrogens (tertiary/aromatic N) is 1. The number of thiophene rings is 1. The van der Waals surface area contributed by atoms with Crippen molar-refractivity contribution in [1.82, 2.24) is 4.31 Å². The van der Waals surface area contributed by atoms with E-state index in [9.17, 15) is 8.42 Å². The van der Waals surface area contributed by atoms with Crippen LogP contribution in [-0.4, -0.2) is 19.8 Å². The molecule has 0 radical (unpaired) electrons. The second kappa shape index (κ2) is 6.34. The molecule has 0 atom stereocenters. The van der Waals surface area contributed by atoms with Gasteiger partial charge in [0, 0.05) is 18.1 Å². The summed E-state index contributed by atoms with van der Waals surface area (Å²) in [6.45, 7) is 0.263. The maximum atomic E-state index is 12.4. The lowest BCUT2D eigenvalue weighted by Crippen LogP contribution is -2.26. The Balaban J connectivity index is 2.25. The van der Waals surface area contributed by atoms with Gasteiger partial charge in [-0.15, -0.1) is 11.3 Å². The Hall–Kier alpha value is -0.110. The van der Waals surface area contributed by atoms with Crippen molar-refractivity contribution in [1.29, 1.82) is 0 Å². The summed E-state index contributed by atoms with van der Waals surface area (Å²) >= 11 is 16.1. The van der Waals surface area contributed by atoms with Crippen LogP contribution in [0.2, 0.25) is 8.67 Å². The highest BCUT2D eigenvalue weighted by molar-refractivity contribution is 9.10. The number of benzene rings is 1. The molecule has 1 aromatic carbocycles. The standard InChI is InChI=1S/C12H10BrCl2NO2S2/c1-16(7-8-2-4-9(13)5-3-8)20(17,18)10-6-11(14)19-12(10)15/h2-6H,7H2,1H3. The van der Waals surface area contributed by atoms with Gasteiger partial charge in [-0.2, -0.15) is 4.31 Å². The quantitative estimate of drug-likeness (QED) is 0.730. The Labute approximate surface area is 140 Å². The highest BCUT2D eigenvalue weighted by Crippen LogP contribution is 2.35. The fraction of sp³-hybridized carbons (Fsp3) is 0.167. The lowest BCUT2D eigenvalue weighted by Gasteiger charge is -2.16. The molecule has 1 heterocycles. The Bertz CT molecular complexity index is 714. The molecule has 3 nitrogen and oxygen atoms in total. The minimum absolute atomic E-state index is 0.0498. The van der Waals surface area contributed by atoms with Crippen molar-refractivity contribution >= 4 is 60.5 Å². The molecule has 0 bridgehead atoms. The van der Waals surface area contributed by atoms with E-state index < -0.39 is 10.0 Å². The zero-order chi connectivity index (χ0) is 14.9. The number of hydrogen-bond donors (Lipinski definition) is 0. The fourth-order valence-corrected chi connectivity index (χ4v) is 5.13. The molecule has 8 heteroatoms. The van der Waals surface area contributed by atoms with E-state index in [0.29, 0.717) is 4.34 Å². The molecular weight excluding hydrogens is 405 g/mol. The average molecular weight is 415 g/mol. The predicted molar refractivity (Wildman–Crippen MR) is 87.1 cm³/mol. The number of hydrogen-bond acceptors (Lipinski definition) is 3. The zero-order valence-corrected chi connectivity index (χ0v) is 15.0. The minimum Gasteiger partial charge on any atom is -0.207 e. The fourth-order valence-electron chi connectivity index (χ4n) is 1.60. The van der Waals surface area contributed by atoms with Gasteiger partial charge in [-0.3, -0.25) is 0 Å². The van der Waals surface area contributed by atoms with Gasteiger partial charge in [0.25, 0.3) is 0 Å². The van der Waals surface area contributed by atoms with E-state index in [1.54, 1.807) is 0 Å². The van der Waals surface area contributed by atoms with E-state index in [4.69, 9.17) is 23.2 Å². The number of rotatable bonds is 4. The molecular formula is C12H10BrCl2NO2S2. The second-order valence-corrected chi connectivity index (χ2v) is 9.29. The Kier molecular flexibility index (Phi) is 5.15. The third-order valence-corrected chi connectivity index (χ3v) is 6.72. The van der Waals surface area contributed by atoms with Crippen LogP contribution in [0.4, 0.5) is 0 Å². The first-order chi connectivity index (χ1) is 9.30. The highest BCUT2D eigenvalue weighted by atomic mass is 79.9. The van der Waals surface area contributed by atoms with Crippen LogP contribution in [0.25, 0.3) is 0 Å². The van der Waals surface area contributed by atoms with Crippen LogP contribution in [-0.2, 0) is 16.6 Å². The second-order valence-electron chi connectivity index (χ2n) is 4.08. The zero-order valence-electron chi connectivity index (χ0n) is 10.3. The summed E-state index contributed by atoms with van der Waals surface area (Å²) in [6, 6.07) is 8.83. The molecule has 2 rings (SSSR count). The molecule has 0 spiro atoms. The summed E-state index contributed by atoms with van der Waals surface area (Å²) in [6.07, 6.45) is 0. The molecule has 0 amide bonds. The van der Waals surface area contributed by atoms with Crippen LogP contribution < -0.4 is 0 Å². The van der Waals surface area contributed by atoms with Crippen molar-refractivity contribution in [3.05, 3.63) is 49.0 Å². The van der Waals surface area contributed by atoms with Gasteiger partial charge in [-0.05, 0) is 23.8 Å². The first kappa shape index (κ1) is 16.3. The summed E-state index contributed by atoms with van der Waals surface area (Å²) in [5, 5.41) is 0. The molecule has 0 saturated carbocycles. The molecule has 1 aromatic heterocycles. The maximum absolute atomic E-state index is 12.4. The summed E-state index contributed by atoms with van der Waals surface area (Å²) in [5.41, 5.74) is 0.886. The highest BCUT2D eigenvalue weighted by Gasteiger charge is 2.25. The largest absolute Gasteiger partial charge is 0.245 e. The van der Waals surface area contributed by atoms with E-state index in [2.05, 4.69) is 15.9 Å². The summed E-state index contributed by atoms with van der Waals surface area (Å²) in [7, 11) is -2.13. The van der Waals surface area contributed by atoms with Crippen molar-refractivity contribution in [2.24, 2.45) is 0 Å². The lowest BCUT2D eigenvalue weighted by atomic mass is 10.2. The molecule has 0 aliphatic heterocycles. The van der Waals surface area contributed by atoms with E-state index >= 15 is 0 Å². The van der Waals surface area contributed by atoms with E-state index in [-0.39, 0.29) is 15.8 Å². The van der Waals surface area contributed by atoms with E-state index in [1.807, 2.05) is 24.3 Å². The van der Waals surface area contributed by atoms with Crippen LogP contribution >= 0.6 is 50.5 Å². The minimum atomic E-state index is -3.64. The SMILES string of the molecule is CN(Cc1ccc(Br)cc1)S(=O)(=O)c1cc(Cl)sc1Cl. The molecule has 108 valence electrons. The molecule has 0 fully saturated rings. The van der Waals surface area contributed by atoms with Gasteiger partial charge in [0.05, 0.1) is 4.34 Å². The van der Waals surface area contributed by atoms with Gasteiger partial charge in [-0.1, -0.05) is 51.3 Å². The van der Waals surface area contributed by atoms with Crippen LogP contribution in [0.1, 0.15) is 5.56 Å². The summed E-state index contributed by atoms with van der Waals surface area (Å²) < 4.78 is 27.6. The van der Waals surface area contributed by atoms with Gasteiger partial charge in [0.15, 0.2) is 0 Å². The van der Waals surface area contributed by atoms with Gasteiger partial charge >= 0.3 is 0 Å². The average Bonchev–Trinajstić information content (AvgIpc) is 2.72. The molecule has 0 unspecified atom stereocenters. The van der Waals surface area contributed by atoms with E-state index in [1.165, 1.54) is 17.4 Å². The van der Waals surface area contributed by atoms with Crippen molar-refractivity contribution in [2.75, 3.05) is 7.05 Å². The van der Waals surface area contributed by atoms with Crippen LogP contribution in [0.5, 0.6) is 0 Å². The third-order valence-electron chi connectivity index (χ3n) is 2.63. The van der Waals surface area contributed by atoms with Crippen LogP contribution in [0, 0.1) is 0 Å². The number of sulfonamides is 1. The Morgan fingerprint density at radius 2 is 1.85 bits per heavy atom. The Morgan fingerprint density at radius 3 is 2.35 bits per heavy atom. The lowest BCUT2D eigenvalue weighted by molar-refractivity contribution is 0.467. The molecule has 0 N–H and O–H groups in total. The molecule has 0 aliphatic carbocycles. The van der Waals surface area contributed by atoms with Crippen LogP contribution in [0.3, 0.4) is 0 Å². The smallest absolute Gasteiger partial charge is 0.207 e. The number of halogens is 3. The molecule has 0 saturated heterocycles. The van der Waals surface area contributed by atoms with Crippen molar-refractivity contribution < 1.29 is 8.42 Å². The van der Waals surface area contributed by atoms with Gasteiger partial charge in [0.2, 0.25) is 10.0 Å². The van der Waals surface area contributed by atoms with Gasteiger partial charge in [0.1, 0.15) is 9.23 Å². The van der Waals surface area contributed by atoms with Crippen LogP contribution in [0.15, 0.2) is 39.7 Å². The third kappa shape index (κ3) is 3.55. The summed E-state index contributed by atoms with van der Waals surface area (Å²) in [5.74, 6) is 0. The Morgan fingerprint density at radius 1 is 1.25 bits per heavy atom. The molecule has 2 aromatic rings. The van der Waals surface area contributed by atoms with Crippen molar-refractivity contribution in [3.63, 3.8) is 0 Å².